The second-order valence-corrected chi connectivity index (χ2v) is 3.42. The van der Waals surface area contributed by atoms with Crippen LogP contribution < -0.4 is 0 Å². The SMILES string of the molecule is CC1(F)C=C(C(=O)O)C=C(C(=O)O)C1(F)F. The molecule has 0 aromatic heterocycles. The molecule has 1 unspecified atom stereocenters. The minimum Gasteiger partial charge on any atom is -0.478 e. The Balaban J connectivity index is 3.41. The molecule has 1 rings (SSSR count). The van der Waals surface area contributed by atoms with Crippen LogP contribution in [0.15, 0.2) is 23.3 Å². The summed E-state index contributed by atoms with van der Waals surface area (Å²) >= 11 is 0. The zero-order valence-corrected chi connectivity index (χ0v) is 8.00. The van der Waals surface area contributed by atoms with Gasteiger partial charge < -0.3 is 10.2 Å². The smallest absolute Gasteiger partial charge is 0.337 e. The van der Waals surface area contributed by atoms with Crippen molar-refractivity contribution >= 4 is 11.9 Å². The van der Waals surface area contributed by atoms with Gasteiger partial charge in [0.1, 0.15) is 5.57 Å². The standard InChI is InChI=1S/C9H7F3O4/c1-8(10)3-4(6(13)14)2-5(7(15)16)9(8,11)12/h2-3H,1H3,(H,13,14)(H,15,16). The Kier molecular flexibility index (Phi) is 2.58. The first-order chi connectivity index (χ1) is 7.09. The van der Waals surface area contributed by atoms with E-state index in [1.807, 2.05) is 0 Å². The zero-order valence-electron chi connectivity index (χ0n) is 8.00. The summed E-state index contributed by atoms with van der Waals surface area (Å²) in [4.78, 5) is 21.0. The molecule has 4 nitrogen and oxygen atoms in total. The van der Waals surface area contributed by atoms with E-state index < -0.39 is 34.7 Å². The highest BCUT2D eigenvalue weighted by molar-refractivity contribution is 5.97. The van der Waals surface area contributed by atoms with Gasteiger partial charge in [-0.05, 0) is 19.1 Å². The number of rotatable bonds is 2. The maximum atomic E-state index is 13.5. The number of allylic oxidation sites excluding steroid dienone is 1. The zero-order chi connectivity index (χ0) is 12.7. The number of carboxylic acids is 2. The van der Waals surface area contributed by atoms with Crippen molar-refractivity contribution in [2.45, 2.75) is 18.5 Å². The fourth-order valence-electron chi connectivity index (χ4n) is 1.25. The highest BCUT2D eigenvalue weighted by Crippen LogP contribution is 2.43. The minimum absolute atomic E-state index is 0.196. The topological polar surface area (TPSA) is 74.6 Å². The number of aliphatic carboxylic acids is 2. The molecule has 0 aliphatic heterocycles. The summed E-state index contributed by atoms with van der Waals surface area (Å²) in [5.41, 5.74) is -5.73. The molecule has 0 spiro atoms. The normalized spacial score (nSPS) is 28.0. The molecule has 0 fully saturated rings. The molecular formula is C9H7F3O4. The Morgan fingerprint density at radius 1 is 1.19 bits per heavy atom. The molecule has 1 aliphatic carbocycles. The lowest BCUT2D eigenvalue weighted by Gasteiger charge is -2.31. The Morgan fingerprint density at radius 3 is 2.06 bits per heavy atom. The van der Waals surface area contributed by atoms with Crippen LogP contribution in [0.2, 0.25) is 0 Å². The van der Waals surface area contributed by atoms with E-state index >= 15 is 0 Å². The van der Waals surface area contributed by atoms with Gasteiger partial charge in [-0.2, -0.15) is 8.78 Å². The summed E-state index contributed by atoms with van der Waals surface area (Å²) in [5.74, 6) is -7.99. The van der Waals surface area contributed by atoms with Crippen LogP contribution >= 0.6 is 0 Å². The van der Waals surface area contributed by atoms with Gasteiger partial charge in [-0.25, -0.2) is 14.0 Å². The molecule has 0 radical (unpaired) electrons. The van der Waals surface area contributed by atoms with Crippen molar-refractivity contribution in [2.24, 2.45) is 0 Å². The van der Waals surface area contributed by atoms with Crippen LogP contribution in [-0.4, -0.2) is 33.7 Å². The molecule has 16 heavy (non-hydrogen) atoms. The van der Waals surface area contributed by atoms with E-state index in [0.717, 1.165) is 0 Å². The van der Waals surface area contributed by atoms with Crippen LogP contribution in [0.1, 0.15) is 6.92 Å². The van der Waals surface area contributed by atoms with Gasteiger partial charge in [0.05, 0.1) is 5.57 Å². The van der Waals surface area contributed by atoms with Crippen molar-refractivity contribution < 1.29 is 33.0 Å². The minimum atomic E-state index is -4.27. The predicted octanol–water partition coefficient (Wildman–Crippen LogP) is 1.39. The van der Waals surface area contributed by atoms with E-state index in [9.17, 15) is 22.8 Å². The summed E-state index contributed by atoms with van der Waals surface area (Å²) in [6.07, 6.45) is 0.452. The number of alkyl halides is 3. The van der Waals surface area contributed by atoms with Crippen LogP contribution in [0.4, 0.5) is 13.2 Å². The van der Waals surface area contributed by atoms with Crippen molar-refractivity contribution in [3.05, 3.63) is 23.3 Å². The third-order valence-electron chi connectivity index (χ3n) is 2.16. The maximum Gasteiger partial charge on any atom is 0.337 e. The number of halogens is 3. The predicted molar refractivity (Wildman–Crippen MR) is 45.9 cm³/mol. The molecule has 1 aliphatic rings. The quantitative estimate of drug-likeness (QED) is 0.759. The molecule has 0 saturated carbocycles. The molecule has 88 valence electrons. The van der Waals surface area contributed by atoms with Gasteiger partial charge in [-0.3, -0.25) is 0 Å². The molecule has 0 aromatic rings. The number of carboxylic acid groups (broad SMARTS) is 2. The first-order valence-electron chi connectivity index (χ1n) is 4.08. The van der Waals surface area contributed by atoms with Crippen molar-refractivity contribution in [1.29, 1.82) is 0 Å². The molecule has 0 bridgehead atoms. The van der Waals surface area contributed by atoms with Crippen LogP contribution in [0.25, 0.3) is 0 Å². The van der Waals surface area contributed by atoms with Gasteiger partial charge in [0.25, 0.3) is 0 Å². The third kappa shape index (κ3) is 1.68. The maximum absolute atomic E-state index is 13.5. The molecule has 2 N–H and O–H groups in total. The molecule has 1 atom stereocenters. The third-order valence-corrected chi connectivity index (χ3v) is 2.16. The van der Waals surface area contributed by atoms with Gasteiger partial charge in [0.15, 0.2) is 5.67 Å². The van der Waals surface area contributed by atoms with Crippen molar-refractivity contribution in [3.8, 4) is 0 Å². The summed E-state index contributed by atoms with van der Waals surface area (Å²) in [6, 6.07) is 0. The molecule has 7 heteroatoms. The lowest BCUT2D eigenvalue weighted by Crippen LogP contribution is -2.46. The Bertz CT molecular complexity index is 420. The highest BCUT2D eigenvalue weighted by Gasteiger charge is 2.57. The van der Waals surface area contributed by atoms with Crippen LogP contribution in [0.5, 0.6) is 0 Å². The average Bonchev–Trinajstić information content (AvgIpc) is 2.08. The second-order valence-electron chi connectivity index (χ2n) is 3.42. The molecule has 0 heterocycles. The molecule has 0 amide bonds. The largest absolute Gasteiger partial charge is 0.478 e. The number of carbonyl (C=O) groups is 2. The first-order valence-corrected chi connectivity index (χ1v) is 4.08. The van der Waals surface area contributed by atoms with E-state index in [-0.39, 0.29) is 12.2 Å². The summed E-state index contributed by atoms with van der Waals surface area (Å²) in [6.45, 7) is 0.422. The van der Waals surface area contributed by atoms with E-state index in [4.69, 9.17) is 10.2 Å². The van der Waals surface area contributed by atoms with Gasteiger partial charge in [-0.15, -0.1) is 0 Å². The summed E-state index contributed by atoms with van der Waals surface area (Å²) < 4.78 is 40.0. The number of hydrogen-bond donors (Lipinski definition) is 2. The van der Waals surface area contributed by atoms with Gasteiger partial charge in [0.2, 0.25) is 0 Å². The fraction of sp³-hybridized carbons (Fsp3) is 0.333. The second kappa shape index (κ2) is 3.36. The van der Waals surface area contributed by atoms with Gasteiger partial charge >= 0.3 is 17.9 Å². The van der Waals surface area contributed by atoms with Crippen molar-refractivity contribution in [1.82, 2.24) is 0 Å². The summed E-state index contributed by atoms with van der Waals surface area (Å²) in [5, 5.41) is 17.0. The monoisotopic (exact) mass is 236 g/mol. The van der Waals surface area contributed by atoms with E-state index in [1.165, 1.54) is 0 Å². The fourth-order valence-corrected chi connectivity index (χ4v) is 1.25. The van der Waals surface area contributed by atoms with Gasteiger partial charge in [0, 0.05) is 0 Å². The number of hydrogen-bond acceptors (Lipinski definition) is 2. The Morgan fingerprint density at radius 2 is 1.69 bits per heavy atom. The van der Waals surface area contributed by atoms with Gasteiger partial charge in [-0.1, -0.05) is 0 Å². The lowest BCUT2D eigenvalue weighted by atomic mass is 9.85. The Hall–Kier alpha value is -1.79. The molecule has 0 aromatic carbocycles. The Labute approximate surface area is 87.7 Å². The van der Waals surface area contributed by atoms with Crippen molar-refractivity contribution in [2.75, 3.05) is 0 Å². The van der Waals surface area contributed by atoms with E-state index in [0.29, 0.717) is 6.92 Å². The van der Waals surface area contributed by atoms with Crippen LogP contribution in [0.3, 0.4) is 0 Å². The van der Waals surface area contributed by atoms with Crippen LogP contribution in [0, 0.1) is 0 Å². The van der Waals surface area contributed by atoms with Crippen LogP contribution in [-0.2, 0) is 9.59 Å². The summed E-state index contributed by atoms with van der Waals surface area (Å²) in [7, 11) is 0. The average molecular weight is 236 g/mol. The van der Waals surface area contributed by atoms with E-state index in [1.54, 1.807) is 0 Å². The van der Waals surface area contributed by atoms with E-state index in [2.05, 4.69) is 0 Å². The lowest BCUT2D eigenvalue weighted by molar-refractivity contribution is -0.141. The highest BCUT2D eigenvalue weighted by atomic mass is 19.3. The molecule has 0 saturated heterocycles. The molecular weight excluding hydrogens is 229 g/mol. The van der Waals surface area contributed by atoms with Crippen molar-refractivity contribution in [3.63, 3.8) is 0 Å². The first kappa shape index (κ1) is 12.3.